The lowest BCUT2D eigenvalue weighted by molar-refractivity contribution is -0.0793. The van der Waals surface area contributed by atoms with Gasteiger partial charge in [-0.2, -0.15) is 0 Å². The van der Waals surface area contributed by atoms with Crippen molar-refractivity contribution in [3.05, 3.63) is 35.9 Å². The summed E-state index contributed by atoms with van der Waals surface area (Å²) in [5, 5.41) is 26.1. The highest BCUT2D eigenvalue weighted by molar-refractivity contribution is 5.29. The predicted octanol–water partition coefficient (Wildman–Crippen LogP) is 0.121. The standard InChI is InChI=1S/C12H18N2O2/c1-2-12(9-6-4-3-5-7-9)10(15)13-8-14-11(12)16/h3-7,10-11,13-16H,2,8H2,1H3. The largest absolute Gasteiger partial charge is 0.377 e. The van der Waals surface area contributed by atoms with E-state index in [4.69, 9.17) is 0 Å². The number of hydrogen-bond acceptors (Lipinski definition) is 4. The van der Waals surface area contributed by atoms with Gasteiger partial charge in [0.05, 0.1) is 5.41 Å². The van der Waals surface area contributed by atoms with Gasteiger partial charge in [-0.1, -0.05) is 37.3 Å². The summed E-state index contributed by atoms with van der Waals surface area (Å²) in [7, 11) is 0. The molecule has 0 saturated carbocycles. The van der Waals surface area contributed by atoms with E-state index in [2.05, 4.69) is 10.6 Å². The summed E-state index contributed by atoms with van der Waals surface area (Å²) in [6.45, 7) is 2.38. The average molecular weight is 222 g/mol. The number of hydrogen-bond donors (Lipinski definition) is 4. The van der Waals surface area contributed by atoms with E-state index in [9.17, 15) is 10.2 Å². The number of aliphatic hydroxyl groups excluding tert-OH is 2. The van der Waals surface area contributed by atoms with Crippen LogP contribution in [0.2, 0.25) is 0 Å². The fourth-order valence-corrected chi connectivity index (χ4v) is 2.42. The lowest BCUT2D eigenvalue weighted by Gasteiger charge is -2.45. The van der Waals surface area contributed by atoms with Crippen molar-refractivity contribution in [3.63, 3.8) is 0 Å². The fourth-order valence-electron chi connectivity index (χ4n) is 2.42. The molecule has 1 aromatic rings. The normalized spacial score (nSPS) is 34.9. The molecule has 0 radical (unpaired) electrons. The molecule has 88 valence electrons. The Morgan fingerprint density at radius 2 is 1.75 bits per heavy atom. The summed E-state index contributed by atoms with van der Waals surface area (Å²) >= 11 is 0. The van der Waals surface area contributed by atoms with Crippen molar-refractivity contribution < 1.29 is 10.2 Å². The van der Waals surface area contributed by atoms with Crippen LogP contribution in [0.5, 0.6) is 0 Å². The van der Waals surface area contributed by atoms with Gasteiger partial charge in [0.25, 0.3) is 0 Å². The van der Waals surface area contributed by atoms with Crippen LogP contribution in [0.4, 0.5) is 0 Å². The van der Waals surface area contributed by atoms with Gasteiger partial charge in [0, 0.05) is 6.67 Å². The van der Waals surface area contributed by atoms with E-state index in [1.54, 1.807) is 0 Å². The molecule has 1 aliphatic rings. The third kappa shape index (κ3) is 1.64. The summed E-state index contributed by atoms with van der Waals surface area (Å²) in [4.78, 5) is 0. The van der Waals surface area contributed by atoms with Crippen molar-refractivity contribution >= 4 is 0 Å². The predicted molar refractivity (Wildman–Crippen MR) is 61.6 cm³/mol. The van der Waals surface area contributed by atoms with Crippen molar-refractivity contribution in [2.75, 3.05) is 6.67 Å². The lowest BCUT2D eigenvalue weighted by Crippen LogP contribution is -2.66. The summed E-state index contributed by atoms with van der Waals surface area (Å²) < 4.78 is 0. The molecule has 1 aliphatic heterocycles. The third-order valence-electron chi connectivity index (χ3n) is 3.46. The van der Waals surface area contributed by atoms with Gasteiger partial charge in [0.15, 0.2) is 0 Å². The monoisotopic (exact) mass is 222 g/mol. The van der Waals surface area contributed by atoms with Crippen LogP contribution in [0.15, 0.2) is 30.3 Å². The molecule has 4 nitrogen and oxygen atoms in total. The maximum Gasteiger partial charge on any atom is 0.119 e. The quantitative estimate of drug-likeness (QED) is 0.574. The summed E-state index contributed by atoms with van der Waals surface area (Å²) in [6.07, 6.45) is -0.827. The second kappa shape index (κ2) is 4.51. The maximum absolute atomic E-state index is 10.1. The van der Waals surface area contributed by atoms with E-state index in [1.807, 2.05) is 37.3 Å². The van der Waals surface area contributed by atoms with Gasteiger partial charge in [-0.25, -0.2) is 0 Å². The van der Waals surface area contributed by atoms with E-state index < -0.39 is 17.9 Å². The first-order valence-electron chi connectivity index (χ1n) is 5.60. The van der Waals surface area contributed by atoms with Gasteiger partial charge in [0.1, 0.15) is 12.5 Å². The van der Waals surface area contributed by atoms with E-state index in [0.717, 1.165) is 5.56 Å². The summed E-state index contributed by atoms with van der Waals surface area (Å²) in [5.41, 5.74) is 0.261. The number of nitrogens with one attached hydrogen (secondary N) is 2. The van der Waals surface area contributed by atoms with E-state index in [1.165, 1.54) is 0 Å². The van der Waals surface area contributed by atoms with Gasteiger partial charge in [-0.05, 0) is 12.0 Å². The minimum absolute atomic E-state index is 0.414. The molecule has 0 spiro atoms. The highest BCUT2D eigenvalue weighted by Gasteiger charge is 2.46. The molecule has 0 aliphatic carbocycles. The molecule has 4 N–H and O–H groups in total. The van der Waals surface area contributed by atoms with E-state index in [0.29, 0.717) is 13.1 Å². The van der Waals surface area contributed by atoms with Gasteiger partial charge in [-0.15, -0.1) is 0 Å². The second-order valence-electron chi connectivity index (χ2n) is 4.15. The highest BCUT2D eigenvalue weighted by Crippen LogP contribution is 2.34. The van der Waals surface area contributed by atoms with Gasteiger partial charge < -0.3 is 10.2 Å². The Hall–Kier alpha value is -0.940. The van der Waals surface area contributed by atoms with Gasteiger partial charge in [0.2, 0.25) is 0 Å². The average Bonchev–Trinajstić information content (AvgIpc) is 2.31. The van der Waals surface area contributed by atoms with Crippen LogP contribution in [0.1, 0.15) is 18.9 Å². The van der Waals surface area contributed by atoms with Crippen LogP contribution in [-0.4, -0.2) is 29.3 Å². The van der Waals surface area contributed by atoms with Crippen LogP contribution in [0.3, 0.4) is 0 Å². The number of benzene rings is 1. The number of aliphatic hydroxyl groups is 2. The smallest absolute Gasteiger partial charge is 0.119 e. The summed E-state index contributed by atoms with van der Waals surface area (Å²) in [5.74, 6) is 0. The molecule has 1 heterocycles. The van der Waals surface area contributed by atoms with Crippen molar-refractivity contribution in [1.82, 2.24) is 10.6 Å². The molecule has 1 saturated heterocycles. The lowest BCUT2D eigenvalue weighted by atomic mass is 9.73. The minimum Gasteiger partial charge on any atom is -0.377 e. The zero-order valence-corrected chi connectivity index (χ0v) is 9.35. The SMILES string of the molecule is CCC1(c2ccccc2)C(O)NCNC1O. The Kier molecular flexibility index (Phi) is 3.25. The molecule has 2 atom stereocenters. The molecule has 0 bridgehead atoms. The van der Waals surface area contributed by atoms with Gasteiger partial charge >= 0.3 is 0 Å². The first-order chi connectivity index (χ1) is 7.71. The molecule has 2 unspecified atom stereocenters. The van der Waals surface area contributed by atoms with Crippen molar-refractivity contribution in [1.29, 1.82) is 0 Å². The minimum atomic E-state index is -0.740. The molecular weight excluding hydrogens is 204 g/mol. The van der Waals surface area contributed by atoms with Crippen molar-refractivity contribution in [3.8, 4) is 0 Å². The van der Waals surface area contributed by atoms with Crippen LogP contribution in [-0.2, 0) is 5.41 Å². The topological polar surface area (TPSA) is 64.5 Å². The zero-order chi connectivity index (χ0) is 11.6. The Balaban J connectivity index is 2.44. The van der Waals surface area contributed by atoms with Gasteiger partial charge in [-0.3, -0.25) is 10.6 Å². The Labute approximate surface area is 95.3 Å². The van der Waals surface area contributed by atoms with Crippen molar-refractivity contribution in [2.24, 2.45) is 0 Å². The molecule has 0 aromatic heterocycles. The molecular formula is C12H18N2O2. The fraction of sp³-hybridized carbons (Fsp3) is 0.500. The molecule has 2 rings (SSSR count). The van der Waals surface area contributed by atoms with Crippen LogP contribution in [0, 0.1) is 0 Å². The third-order valence-corrected chi connectivity index (χ3v) is 3.46. The van der Waals surface area contributed by atoms with Crippen LogP contribution < -0.4 is 10.6 Å². The van der Waals surface area contributed by atoms with E-state index >= 15 is 0 Å². The Morgan fingerprint density at radius 1 is 1.19 bits per heavy atom. The summed E-state index contributed by atoms with van der Waals surface area (Å²) in [6, 6.07) is 9.63. The number of rotatable bonds is 2. The Bertz CT molecular complexity index is 332. The van der Waals surface area contributed by atoms with Crippen LogP contribution >= 0.6 is 0 Å². The second-order valence-corrected chi connectivity index (χ2v) is 4.15. The van der Waals surface area contributed by atoms with Crippen molar-refractivity contribution in [2.45, 2.75) is 31.2 Å². The molecule has 1 aromatic carbocycles. The molecule has 16 heavy (non-hydrogen) atoms. The van der Waals surface area contributed by atoms with E-state index in [-0.39, 0.29) is 0 Å². The maximum atomic E-state index is 10.1. The van der Waals surface area contributed by atoms with Crippen LogP contribution in [0.25, 0.3) is 0 Å². The zero-order valence-electron chi connectivity index (χ0n) is 9.35. The molecule has 0 amide bonds. The Morgan fingerprint density at radius 3 is 2.25 bits per heavy atom. The molecule has 4 heteroatoms. The molecule has 1 fully saturated rings. The first-order valence-corrected chi connectivity index (χ1v) is 5.60. The highest BCUT2D eigenvalue weighted by atomic mass is 16.3. The first kappa shape index (κ1) is 11.5.